The normalized spacial score (nSPS) is 54.1. The van der Waals surface area contributed by atoms with Crippen molar-refractivity contribution in [2.24, 2.45) is 50.2 Å². The first-order valence-corrected chi connectivity index (χ1v) is 27.8. The van der Waals surface area contributed by atoms with E-state index in [-0.39, 0.29) is 39.4 Å². The van der Waals surface area contributed by atoms with Crippen molar-refractivity contribution in [2.75, 3.05) is 19.8 Å². The van der Waals surface area contributed by atoms with Crippen molar-refractivity contribution in [1.29, 1.82) is 0 Å². The molecule has 0 spiro atoms. The predicted molar refractivity (Wildman–Crippen MR) is 263 cm³/mol. The Bertz CT molecular complexity index is 2200. The first-order chi connectivity index (χ1) is 36.4. The van der Waals surface area contributed by atoms with E-state index in [1.54, 1.807) is 0 Å². The summed E-state index contributed by atoms with van der Waals surface area (Å²) < 4.78 is 46.9. The third-order valence-corrected chi connectivity index (χ3v) is 21.7. The van der Waals surface area contributed by atoms with E-state index >= 15 is 0 Å². The van der Waals surface area contributed by atoms with E-state index < -0.39 is 172 Å². The summed E-state index contributed by atoms with van der Waals surface area (Å²) in [5.41, 5.74) is -1.18. The van der Waals surface area contributed by atoms with Crippen LogP contribution < -0.4 is 0 Å². The lowest BCUT2D eigenvalue weighted by Gasteiger charge is -2.71. The SMILES string of the molecule is CC1(C)[C@@H](O[C@@H]2O[C@H](C(=O)O)[C@@H](O)[C@H](O)[C@H]2O[C@@H]2O[C@H](CO)[C@@H](O)[C@H](O)[C@H]2O)CC[C@]2(C)[C@H]3CC=C4[C@@H]5C[C@](C)(C(=O)O[C@@H]6O[C@H](CO[C@@H]7O[C@H](CO)[C@@H](O)[C@H](O)[C@H]7O)[C@@H](O)[C@H](O)[C@H]6O)CC[C@]5(C)CC[C@@]4(C)[C@]3(C)CC[C@@H]12. The van der Waals surface area contributed by atoms with Gasteiger partial charge in [-0.25, -0.2) is 4.79 Å². The number of esters is 1. The van der Waals surface area contributed by atoms with Crippen LogP contribution in [0.25, 0.3) is 0 Å². The second kappa shape index (κ2) is 21.8. The molecule has 446 valence electrons. The number of carbonyl (C=O) groups is 2. The molecule has 24 nitrogen and oxygen atoms in total. The molecule has 0 aromatic carbocycles. The van der Waals surface area contributed by atoms with Gasteiger partial charge in [-0.1, -0.05) is 53.2 Å². The molecule has 14 N–H and O–H groups in total. The Hall–Kier alpha value is -2.12. The highest BCUT2D eigenvalue weighted by Crippen LogP contribution is 2.76. The zero-order valence-corrected chi connectivity index (χ0v) is 45.5. The molecule has 4 saturated heterocycles. The predicted octanol–water partition coefficient (Wildman–Crippen LogP) is -1.94. The molecule has 29 atom stereocenters. The Morgan fingerprint density at radius 2 is 1.14 bits per heavy atom. The number of carboxylic acids is 1. The fourth-order valence-electron chi connectivity index (χ4n) is 16.3. The minimum Gasteiger partial charge on any atom is -0.479 e. The van der Waals surface area contributed by atoms with Crippen LogP contribution in [0.1, 0.15) is 113 Å². The van der Waals surface area contributed by atoms with Gasteiger partial charge >= 0.3 is 11.9 Å². The van der Waals surface area contributed by atoms with Crippen LogP contribution in [-0.2, 0) is 47.5 Å². The lowest BCUT2D eigenvalue weighted by atomic mass is 9.33. The number of fused-ring (bicyclic) bond motifs is 7. The van der Waals surface area contributed by atoms with Crippen molar-refractivity contribution in [3.63, 3.8) is 0 Å². The Kier molecular flexibility index (Phi) is 16.9. The van der Waals surface area contributed by atoms with E-state index in [0.29, 0.717) is 32.1 Å². The molecule has 0 amide bonds. The molecule has 4 saturated carbocycles. The lowest BCUT2D eigenvalue weighted by Crippen LogP contribution is -2.67. The third-order valence-electron chi connectivity index (χ3n) is 21.7. The molecule has 0 unspecified atom stereocenters. The Morgan fingerprint density at radius 1 is 0.577 bits per heavy atom. The van der Waals surface area contributed by atoms with E-state index in [0.717, 1.165) is 32.1 Å². The second-order valence-corrected chi connectivity index (χ2v) is 26.2. The standard InChI is InChI=1S/C54H86O24/c1-49(2)27-10-13-54(7)28(52(27,5)12-11-29(49)75-47-42(37(64)36(63)41(76-47)43(68)69)77-45-39(66)34(61)31(58)25(20-56)73-45)9-8-22-23-18-51(4,15-14-50(23,3)16-17-53(22,54)6)48(70)78-46-40(67)35(62)32(59)26(74-46)21-71-44-38(65)33(60)30(57)24(19-55)72-44/h8,23-42,44-47,55-67H,9-21H2,1-7H3,(H,68,69)/t23-,24+,25+,26+,27-,28+,29-,30+,31+,32+,33-,34-,35-,36-,37-,38+,39+,40+,41-,42+,44+,45-,46-,47+,50+,51+,52-,53+,54+/m0/s1. The number of rotatable bonds is 12. The van der Waals surface area contributed by atoms with Gasteiger partial charge < -0.3 is 109 Å². The molecule has 9 aliphatic rings. The number of ether oxygens (including phenoxy) is 8. The Labute approximate surface area is 453 Å². The van der Waals surface area contributed by atoms with Gasteiger partial charge in [0.2, 0.25) is 6.29 Å². The molecule has 5 aliphatic carbocycles. The molecule has 8 fully saturated rings. The summed E-state index contributed by atoms with van der Waals surface area (Å²) in [7, 11) is 0. The third kappa shape index (κ3) is 9.82. The second-order valence-electron chi connectivity index (χ2n) is 26.2. The number of aliphatic carboxylic acids is 1. The van der Waals surface area contributed by atoms with Crippen molar-refractivity contribution in [3.05, 3.63) is 11.6 Å². The van der Waals surface area contributed by atoms with E-state index in [9.17, 15) is 81.1 Å². The molecule has 0 aromatic rings. The average Bonchev–Trinajstić information content (AvgIpc) is 3.59. The number of hydrogen-bond acceptors (Lipinski definition) is 23. The quantitative estimate of drug-likeness (QED) is 0.0574. The fraction of sp³-hybridized carbons (Fsp3) is 0.926. The zero-order valence-electron chi connectivity index (χ0n) is 45.5. The van der Waals surface area contributed by atoms with Crippen LogP contribution >= 0.6 is 0 Å². The largest absolute Gasteiger partial charge is 0.479 e. The smallest absolute Gasteiger partial charge is 0.335 e. The number of allylic oxidation sites excluding steroid dienone is 2. The van der Waals surface area contributed by atoms with Gasteiger partial charge in [-0.05, 0) is 116 Å². The van der Waals surface area contributed by atoms with E-state index in [1.165, 1.54) is 5.57 Å². The van der Waals surface area contributed by atoms with Crippen molar-refractivity contribution in [2.45, 2.75) is 242 Å². The maximum atomic E-state index is 14.5. The maximum absolute atomic E-state index is 14.5. The van der Waals surface area contributed by atoms with Gasteiger partial charge in [0.25, 0.3) is 0 Å². The summed E-state index contributed by atoms with van der Waals surface area (Å²) in [6, 6.07) is 0. The van der Waals surface area contributed by atoms with Crippen LogP contribution in [0.4, 0.5) is 0 Å². The Morgan fingerprint density at radius 3 is 1.76 bits per heavy atom. The van der Waals surface area contributed by atoms with Crippen molar-refractivity contribution >= 4 is 11.9 Å². The number of aliphatic hydroxyl groups is 13. The molecule has 4 aliphatic heterocycles. The van der Waals surface area contributed by atoms with Gasteiger partial charge in [0.1, 0.15) is 91.6 Å². The minimum atomic E-state index is -1.99. The van der Waals surface area contributed by atoms with E-state index in [4.69, 9.17) is 37.9 Å². The average molecular weight is 1120 g/mol. The van der Waals surface area contributed by atoms with Gasteiger partial charge in [0.05, 0.1) is 31.3 Å². The van der Waals surface area contributed by atoms with Crippen LogP contribution in [0.2, 0.25) is 0 Å². The van der Waals surface area contributed by atoms with Crippen LogP contribution in [0.15, 0.2) is 11.6 Å². The molecule has 0 bridgehead atoms. The van der Waals surface area contributed by atoms with Gasteiger partial charge in [-0.15, -0.1) is 0 Å². The van der Waals surface area contributed by atoms with E-state index in [1.807, 2.05) is 6.92 Å². The van der Waals surface area contributed by atoms with Crippen LogP contribution in [0.3, 0.4) is 0 Å². The number of hydrogen-bond donors (Lipinski definition) is 14. The summed E-state index contributed by atoms with van der Waals surface area (Å²) in [5, 5.41) is 147. The molecule has 4 heterocycles. The highest BCUT2D eigenvalue weighted by atomic mass is 16.8. The summed E-state index contributed by atoms with van der Waals surface area (Å²) in [6.45, 7) is 13.5. The van der Waals surface area contributed by atoms with Crippen LogP contribution in [-0.4, -0.2) is 232 Å². The van der Waals surface area contributed by atoms with Gasteiger partial charge in [0.15, 0.2) is 25.0 Å². The summed E-state index contributed by atoms with van der Waals surface area (Å²) in [4.78, 5) is 26.9. The fourth-order valence-corrected chi connectivity index (χ4v) is 16.3. The molecule has 9 rings (SSSR count). The minimum absolute atomic E-state index is 0.0205. The van der Waals surface area contributed by atoms with Gasteiger partial charge in [-0.2, -0.15) is 0 Å². The number of carboxylic acid groups (broad SMARTS) is 1. The highest BCUT2D eigenvalue weighted by molar-refractivity contribution is 5.77. The summed E-state index contributed by atoms with van der Waals surface area (Å²) in [5.74, 6) is -1.96. The number of aliphatic hydroxyl groups excluding tert-OH is 13. The van der Waals surface area contributed by atoms with Crippen molar-refractivity contribution in [1.82, 2.24) is 0 Å². The zero-order chi connectivity index (χ0) is 57.1. The molecular formula is C54H86O24. The summed E-state index contributed by atoms with van der Waals surface area (Å²) in [6.07, 6.45) is -25.2. The van der Waals surface area contributed by atoms with Crippen molar-refractivity contribution < 1.29 is 119 Å². The maximum Gasteiger partial charge on any atom is 0.335 e. The van der Waals surface area contributed by atoms with Crippen LogP contribution in [0, 0.1) is 50.2 Å². The molecule has 0 aromatic heterocycles. The molecular weight excluding hydrogens is 1030 g/mol. The van der Waals surface area contributed by atoms with E-state index in [2.05, 4.69) is 47.6 Å². The first kappa shape index (κ1) is 60.5. The van der Waals surface area contributed by atoms with Gasteiger partial charge in [-0.3, -0.25) is 4.79 Å². The first-order valence-electron chi connectivity index (χ1n) is 27.8. The molecule has 78 heavy (non-hydrogen) atoms. The topological polar surface area (TPSA) is 391 Å². The molecule has 0 radical (unpaired) electrons. The summed E-state index contributed by atoms with van der Waals surface area (Å²) >= 11 is 0. The lowest BCUT2D eigenvalue weighted by molar-refractivity contribution is -0.374. The number of carbonyl (C=O) groups excluding carboxylic acids is 1. The Balaban J connectivity index is 0.903. The highest BCUT2D eigenvalue weighted by Gasteiger charge is 2.69. The van der Waals surface area contributed by atoms with Crippen LogP contribution in [0.5, 0.6) is 0 Å². The monoisotopic (exact) mass is 1120 g/mol. The van der Waals surface area contributed by atoms with Gasteiger partial charge in [0, 0.05) is 0 Å². The molecule has 24 heteroatoms. The van der Waals surface area contributed by atoms with Crippen molar-refractivity contribution in [3.8, 4) is 0 Å².